The van der Waals surface area contributed by atoms with E-state index in [0.29, 0.717) is 16.6 Å². The summed E-state index contributed by atoms with van der Waals surface area (Å²) >= 11 is 5.02. The number of fused-ring (bicyclic) bond motifs is 1. The number of thiophene rings is 1. The highest BCUT2D eigenvalue weighted by molar-refractivity contribution is 9.10. The number of carbonyl (C=O) groups is 1. The summed E-state index contributed by atoms with van der Waals surface area (Å²) in [6.07, 6.45) is 2.79. The van der Waals surface area contributed by atoms with Crippen LogP contribution in [0.25, 0.3) is 21.3 Å². The van der Waals surface area contributed by atoms with Crippen LogP contribution < -0.4 is 10.9 Å². The zero-order chi connectivity index (χ0) is 23.7. The Bertz CT molecular complexity index is 1370. The molecule has 0 aliphatic heterocycles. The summed E-state index contributed by atoms with van der Waals surface area (Å²) in [5.74, 6) is -0.220. The smallest absolute Gasteiger partial charge is 0.263 e. The monoisotopic (exact) mass is 523 g/mol. The Morgan fingerprint density at radius 1 is 1.12 bits per heavy atom. The van der Waals surface area contributed by atoms with Crippen LogP contribution in [0.5, 0.6) is 0 Å². The summed E-state index contributed by atoms with van der Waals surface area (Å²) in [5, 5.41) is 3.57. The molecule has 0 aliphatic carbocycles. The number of amides is 1. The van der Waals surface area contributed by atoms with Gasteiger partial charge in [0.25, 0.3) is 5.56 Å². The van der Waals surface area contributed by atoms with E-state index in [2.05, 4.69) is 39.2 Å². The zero-order valence-corrected chi connectivity index (χ0v) is 21.5. The molecule has 1 atom stereocenters. The summed E-state index contributed by atoms with van der Waals surface area (Å²) in [4.78, 5) is 33.3. The van der Waals surface area contributed by atoms with Gasteiger partial charge in [0.1, 0.15) is 10.9 Å². The van der Waals surface area contributed by atoms with Crippen molar-refractivity contribution in [3.8, 4) is 11.1 Å². The molecule has 0 spiro atoms. The topological polar surface area (TPSA) is 64.0 Å². The maximum Gasteiger partial charge on any atom is 0.263 e. The number of nitrogens with one attached hydrogen (secondary N) is 1. The minimum atomic E-state index is -0.655. The van der Waals surface area contributed by atoms with Crippen molar-refractivity contribution >= 4 is 49.1 Å². The summed E-state index contributed by atoms with van der Waals surface area (Å²) in [5.41, 5.74) is 4.59. The van der Waals surface area contributed by atoms with Gasteiger partial charge in [-0.15, -0.1) is 11.3 Å². The van der Waals surface area contributed by atoms with Crippen molar-refractivity contribution in [2.24, 2.45) is 0 Å². The Balaban J connectivity index is 1.80. The van der Waals surface area contributed by atoms with E-state index >= 15 is 0 Å². The van der Waals surface area contributed by atoms with Crippen LogP contribution in [-0.2, 0) is 11.2 Å². The van der Waals surface area contributed by atoms with Gasteiger partial charge in [-0.2, -0.15) is 0 Å². The van der Waals surface area contributed by atoms with Gasteiger partial charge in [-0.25, -0.2) is 4.98 Å². The number of carbonyl (C=O) groups excluding carboxylic acids is 1. The third-order valence-corrected chi connectivity index (χ3v) is 7.45. The molecular formula is C26H26BrN3O2S. The lowest BCUT2D eigenvalue weighted by Gasteiger charge is -2.18. The lowest BCUT2D eigenvalue weighted by molar-refractivity contribution is -0.119. The van der Waals surface area contributed by atoms with Gasteiger partial charge in [0.05, 0.1) is 11.7 Å². The fourth-order valence-electron chi connectivity index (χ4n) is 4.22. The van der Waals surface area contributed by atoms with Gasteiger partial charge in [-0.3, -0.25) is 14.2 Å². The third-order valence-electron chi connectivity index (χ3n) is 5.68. The van der Waals surface area contributed by atoms with Gasteiger partial charge in [0.2, 0.25) is 5.91 Å². The fourth-order valence-corrected chi connectivity index (χ4v) is 5.58. The van der Waals surface area contributed by atoms with Crippen molar-refractivity contribution in [1.82, 2.24) is 9.55 Å². The van der Waals surface area contributed by atoms with E-state index in [9.17, 15) is 9.59 Å². The maximum absolute atomic E-state index is 13.7. The second kappa shape index (κ2) is 9.61. The Morgan fingerprint density at radius 2 is 1.79 bits per heavy atom. The summed E-state index contributed by atoms with van der Waals surface area (Å²) in [6, 6.07) is 13.2. The molecule has 2 aromatic carbocycles. The molecule has 33 heavy (non-hydrogen) atoms. The predicted octanol–water partition coefficient (Wildman–Crippen LogP) is 6.66. The highest BCUT2D eigenvalue weighted by Crippen LogP contribution is 2.37. The van der Waals surface area contributed by atoms with Crippen LogP contribution in [0.1, 0.15) is 42.3 Å². The Hall–Kier alpha value is -2.77. The molecule has 0 saturated heterocycles. The lowest BCUT2D eigenvalue weighted by atomic mass is 10.0. The fraction of sp³-hybridized carbons (Fsp3) is 0.269. The van der Waals surface area contributed by atoms with Crippen molar-refractivity contribution in [2.45, 2.75) is 46.6 Å². The Kier molecular flexibility index (Phi) is 6.81. The molecule has 4 aromatic rings. The second-order valence-electron chi connectivity index (χ2n) is 8.19. The van der Waals surface area contributed by atoms with Gasteiger partial charge in [-0.1, -0.05) is 48.0 Å². The van der Waals surface area contributed by atoms with Crippen LogP contribution in [0, 0.1) is 13.8 Å². The van der Waals surface area contributed by atoms with E-state index in [4.69, 9.17) is 0 Å². The van der Waals surface area contributed by atoms with E-state index in [1.807, 2.05) is 57.2 Å². The van der Waals surface area contributed by atoms with Gasteiger partial charge >= 0.3 is 0 Å². The standard InChI is InChI=1S/C26H26BrN3O2S/c1-5-20(24(31)29-19-12-15(3)11-16(4)13-19)30-14-28-25-23(26(30)32)22(21(6-2)33-25)17-7-9-18(27)10-8-17/h7-14,20H,5-6H2,1-4H3,(H,29,31). The maximum atomic E-state index is 13.7. The minimum absolute atomic E-state index is 0.184. The number of benzene rings is 2. The second-order valence-corrected chi connectivity index (χ2v) is 10.2. The highest BCUT2D eigenvalue weighted by Gasteiger charge is 2.24. The molecule has 0 bridgehead atoms. The molecule has 170 valence electrons. The number of anilines is 1. The van der Waals surface area contributed by atoms with Crippen molar-refractivity contribution in [1.29, 1.82) is 0 Å². The van der Waals surface area contributed by atoms with Crippen molar-refractivity contribution in [3.05, 3.63) is 79.6 Å². The van der Waals surface area contributed by atoms with Crippen LogP contribution >= 0.6 is 27.3 Å². The van der Waals surface area contributed by atoms with E-state index < -0.39 is 6.04 Å². The summed E-state index contributed by atoms with van der Waals surface area (Å²) < 4.78 is 2.46. The molecule has 2 heterocycles. The summed E-state index contributed by atoms with van der Waals surface area (Å²) in [6.45, 7) is 7.97. The number of nitrogens with zero attached hydrogens (tertiary/aromatic N) is 2. The molecule has 0 radical (unpaired) electrons. The number of aromatic nitrogens is 2. The molecular weight excluding hydrogens is 498 g/mol. The van der Waals surface area contributed by atoms with Crippen LogP contribution in [0.2, 0.25) is 0 Å². The molecule has 0 aliphatic rings. The molecule has 5 nitrogen and oxygen atoms in total. The SMILES string of the molecule is CCc1sc2ncn(C(CC)C(=O)Nc3cc(C)cc(C)c3)c(=O)c2c1-c1ccc(Br)cc1. The molecule has 1 unspecified atom stereocenters. The van der Waals surface area contributed by atoms with Gasteiger partial charge < -0.3 is 5.32 Å². The molecule has 0 saturated carbocycles. The van der Waals surface area contributed by atoms with Gasteiger partial charge in [0.15, 0.2) is 0 Å². The summed E-state index contributed by atoms with van der Waals surface area (Å²) in [7, 11) is 0. The predicted molar refractivity (Wildman–Crippen MR) is 140 cm³/mol. The van der Waals surface area contributed by atoms with Crippen molar-refractivity contribution in [2.75, 3.05) is 5.32 Å². The molecule has 7 heteroatoms. The number of halogens is 1. The van der Waals surface area contributed by atoms with Crippen molar-refractivity contribution < 1.29 is 4.79 Å². The first-order chi connectivity index (χ1) is 15.8. The van der Waals surface area contributed by atoms with Crippen LogP contribution in [0.15, 0.2) is 58.1 Å². The number of aryl methyl sites for hydroxylation is 3. The van der Waals surface area contributed by atoms with Gasteiger partial charge in [0, 0.05) is 20.6 Å². The number of rotatable bonds is 6. The Morgan fingerprint density at radius 3 is 2.39 bits per heavy atom. The molecule has 1 amide bonds. The number of hydrogen-bond acceptors (Lipinski definition) is 4. The van der Waals surface area contributed by atoms with Crippen LogP contribution in [0.4, 0.5) is 5.69 Å². The lowest BCUT2D eigenvalue weighted by Crippen LogP contribution is -2.33. The molecule has 0 fully saturated rings. The van der Waals surface area contributed by atoms with Crippen molar-refractivity contribution in [3.63, 3.8) is 0 Å². The molecule has 1 N–H and O–H groups in total. The first kappa shape index (κ1) is 23.4. The third kappa shape index (κ3) is 4.66. The van der Waals surface area contributed by atoms with E-state index in [-0.39, 0.29) is 11.5 Å². The molecule has 2 aromatic heterocycles. The first-order valence-electron chi connectivity index (χ1n) is 11.0. The zero-order valence-electron chi connectivity index (χ0n) is 19.1. The highest BCUT2D eigenvalue weighted by atomic mass is 79.9. The van der Waals surface area contributed by atoms with E-state index in [1.54, 1.807) is 11.3 Å². The van der Waals surface area contributed by atoms with Gasteiger partial charge in [-0.05, 0) is 67.6 Å². The quantitative estimate of drug-likeness (QED) is 0.307. The van der Waals surface area contributed by atoms with Crippen LogP contribution in [0.3, 0.4) is 0 Å². The van der Waals surface area contributed by atoms with E-state index in [1.165, 1.54) is 10.9 Å². The average molecular weight is 524 g/mol. The largest absolute Gasteiger partial charge is 0.324 e. The normalized spacial score (nSPS) is 12.2. The molecule has 4 rings (SSSR count). The number of hydrogen-bond donors (Lipinski definition) is 1. The minimum Gasteiger partial charge on any atom is -0.324 e. The van der Waals surface area contributed by atoms with Crippen LogP contribution in [-0.4, -0.2) is 15.5 Å². The Labute approximate surface area is 205 Å². The van der Waals surface area contributed by atoms with E-state index in [0.717, 1.165) is 43.7 Å². The average Bonchev–Trinajstić information content (AvgIpc) is 3.15. The first-order valence-corrected chi connectivity index (χ1v) is 12.6.